The molecule has 0 spiro atoms. The Balaban J connectivity index is 1.90. The van der Waals surface area contributed by atoms with Gasteiger partial charge >= 0.3 is 0 Å². The van der Waals surface area contributed by atoms with Crippen LogP contribution in [0.5, 0.6) is 0 Å². The van der Waals surface area contributed by atoms with E-state index in [0.717, 1.165) is 38.5 Å². The molecule has 3 nitrogen and oxygen atoms in total. The van der Waals surface area contributed by atoms with Gasteiger partial charge in [-0.3, -0.25) is 4.79 Å². The molecule has 2 saturated carbocycles. The van der Waals surface area contributed by atoms with Crippen LogP contribution in [0.15, 0.2) is 0 Å². The highest BCUT2D eigenvalue weighted by Gasteiger charge is 2.39. The van der Waals surface area contributed by atoms with Gasteiger partial charge in [-0.2, -0.15) is 0 Å². The first-order chi connectivity index (χ1) is 7.91. The second kappa shape index (κ2) is 4.60. The molecule has 17 heavy (non-hydrogen) atoms. The maximum atomic E-state index is 12.2. The van der Waals surface area contributed by atoms with E-state index in [9.17, 15) is 4.79 Å². The molecule has 0 aromatic heterocycles. The van der Waals surface area contributed by atoms with E-state index in [4.69, 9.17) is 5.73 Å². The van der Waals surface area contributed by atoms with Crippen LogP contribution in [0.3, 0.4) is 0 Å². The van der Waals surface area contributed by atoms with Crippen LogP contribution < -0.4 is 11.1 Å². The third-order valence-corrected chi connectivity index (χ3v) is 4.49. The molecule has 2 aliphatic carbocycles. The summed E-state index contributed by atoms with van der Waals surface area (Å²) < 4.78 is 0. The van der Waals surface area contributed by atoms with E-state index in [1.54, 1.807) is 0 Å². The average molecular weight is 238 g/mol. The summed E-state index contributed by atoms with van der Waals surface area (Å²) in [5.41, 5.74) is 5.98. The van der Waals surface area contributed by atoms with Gasteiger partial charge in [0, 0.05) is 6.04 Å². The number of carbonyl (C=O) groups is 1. The molecule has 2 fully saturated rings. The Hall–Kier alpha value is -0.570. The zero-order valence-corrected chi connectivity index (χ0v) is 11.2. The van der Waals surface area contributed by atoms with Crippen molar-refractivity contribution in [1.82, 2.24) is 5.32 Å². The number of nitrogens with two attached hydrogens (primary N) is 1. The Bertz CT molecular complexity index is 293. The molecule has 1 amide bonds. The molecule has 1 atom stereocenters. The molecule has 2 aliphatic rings. The fourth-order valence-corrected chi connectivity index (χ4v) is 3.38. The van der Waals surface area contributed by atoms with Gasteiger partial charge in [-0.25, -0.2) is 0 Å². The molecule has 0 saturated heterocycles. The molecule has 0 heterocycles. The van der Waals surface area contributed by atoms with Crippen LogP contribution in [0.2, 0.25) is 0 Å². The summed E-state index contributed by atoms with van der Waals surface area (Å²) in [4.78, 5) is 12.2. The second-order valence-corrected chi connectivity index (χ2v) is 6.79. The van der Waals surface area contributed by atoms with Gasteiger partial charge < -0.3 is 11.1 Å². The van der Waals surface area contributed by atoms with Gasteiger partial charge in [0.15, 0.2) is 0 Å². The van der Waals surface area contributed by atoms with Crippen molar-refractivity contribution in [3.63, 3.8) is 0 Å². The van der Waals surface area contributed by atoms with E-state index in [1.165, 1.54) is 12.8 Å². The minimum absolute atomic E-state index is 0.0951. The first kappa shape index (κ1) is 12.9. The van der Waals surface area contributed by atoms with Crippen LogP contribution in [-0.4, -0.2) is 17.5 Å². The summed E-state index contributed by atoms with van der Waals surface area (Å²) in [5, 5.41) is 3.19. The summed E-state index contributed by atoms with van der Waals surface area (Å²) in [5.74, 6) is 0.0951. The molecule has 0 aliphatic heterocycles. The van der Waals surface area contributed by atoms with E-state index in [0.29, 0.717) is 11.5 Å². The first-order valence-electron chi connectivity index (χ1n) is 7.01. The van der Waals surface area contributed by atoms with Crippen molar-refractivity contribution in [3.8, 4) is 0 Å². The van der Waals surface area contributed by atoms with Crippen molar-refractivity contribution >= 4 is 5.91 Å². The molecule has 0 radical (unpaired) electrons. The van der Waals surface area contributed by atoms with E-state index >= 15 is 0 Å². The molecule has 3 N–H and O–H groups in total. The van der Waals surface area contributed by atoms with Crippen molar-refractivity contribution in [1.29, 1.82) is 0 Å². The van der Waals surface area contributed by atoms with Crippen molar-refractivity contribution in [2.24, 2.45) is 11.1 Å². The Labute approximate surface area is 105 Å². The molecule has 1 unspecified atom stereocenters. The molecular weight excluding hydrogens is 212 g/mol. The zero-order chi connectivity index (χ0) is 12.5. The highest BCUT2D eigenvalue weighted by Crippen LogP contribution is 2.35. The van der Waals surface area contributed by atoms with Crippen LogP contribution in [0.4, 0.5) is 0 Å². The number of hydrogen-bond acceptors (Lipinski definition) is 2. The summed E-state index contributed by atoms with van der Waals surface area (Å²) in [6.07, 6.45) is 8.60. The third kappa shape index (κ3) is 3.01. The molecule has 0 aromatic carbocycles. The van der Waals surface area contributed by atoms with E-state index in [2.05, 4.69) is 19.2 Å². The van der Waals surface area contributed by atoms with Crippen LogP contribution in [-0.2, 0) is 4.79 Å². The minimum Gasteiger partial charge on any atom is -0.352 e. The van der Waals surface area contributed by atoms with Gasteiger partial charge in [0.1, 0.15) is 0 Å². The quantitative estimate of drug-likeness (QED) is 0.776. The monoisotopic (exact) mass is 238 g/mol. The van der Waals surface area contributed by atoms with Gasteiger partial charge in [-0.05, 0) is 37.5 Å². The predicted octanol–water partition coefficient (Wildman–Crippen LogP) is 2.34. The number of rotatable bonds is 2. The number of amides is 1. The zero-order valence-electron chi connectivity index (χ0n) is 11.2. The van der Waals surface area contributed by atoms with E-state index in [-0.39, 0.29) is 5.91 Å². The summed E-state index contributed by atoms with van der Waals surface area (Å²) >= 11 is 0. The largest absolute Gasteiger partial charge is 0.352 e. The fourth-order valence-electron chi connectivity index (χ4n) is 3.38. The van der Waals surface area contributed by atoms with Gasteiger partial charge in [0.05, 0.1) is 5.54 Å². The minimum atomic E-state index is -0.568. The van der Waals surface area contributed by atoms with Crippen LogP contribution in [0, 0.1) is 5.41 Å². The molecule has 98 valence electrons. The number of nitrogens with one attached hydrogen (secondary N) is 1. The first-order valence-corrected chi connectivity index (χ1v) is 7.01. The van der Waals surface area contributed by atoms with Gasteiger partial charge in [-0.15, -0.1) is 0 Å². The number of hydrogen-bond donors (Lipinski definition) is 2. The second-order valence-electron chi connectivity index (χ2n) is 6.79. The SMILES string of the molecule is CC1(C)CCCC(NC(=O)C2(N)CCCC2)C1. The average Bonchev–Trinajstić information content (AvgIpc) is 2.65. The lowest BCUT2D eigenvalue weighted by Gasteiger charge is -2.37. The van der Waals surface area contributed by atoms with E-state index < -0.39 is 5.54 Å². The lowest BCUT2D eigenvalue weighted by Crippen LogP contribution is -2.55. The lowest BCUT2D eigenvalue weighted by atomic mass is 9.75. The molecule has 0 bridgehead atoms. The van der Waals surface area contributed by atoms with Crippen molar-refractivity contribution in [2.45, 2.75) is 76.8 Å². The smallest absolute Gasteiger partial charge is 0.240 e. The molecular formula is C14H26N2O. The van der Waals surface area contributed by atoms with Gasteiger partial charge in [0.25, 0.3) is 0 Å². The molecule has 2 rings (SSSR count). The Morgan fingerprint density at radius 1 is 1.18 bits per heavy atom. The van der Waals surface area contributed by atoms with Crippen molar-refractivity contribution in [2.75, 3.05) is 0 Å². The van der Waals surface area contributed by atoms with Gasteiger partial charge in [0.2, 0.25) is 5.91 Å². The van der Waals surface area contributed by atoms with E-state index in [1.807, 2.05) is 0 Å². The lowest BCUT2D eigenvalue weighted by molar-refractivity contribution is -0.127. The normalized spacial score (nSPS) is 31.1. The van der Waals surface area contributed by atoms with Crippen LogP contribution in [0.25, 0.3) is 0 Å². The molecule has 0 aromatic rings. The Kier molecular flexibility index (Phi) is 3.48. The summed E-state index contributed by atoms with van der Waals surface area (Å²) in [6, 6.07) is 0.340. The highest BCUT2D eigenvalue weighted by molar-refractivity contribution is 5.86. The standard InChI is InChI=1S/C14H26N2O/c1-13(2)7-5-6-11(10-13)16-12(17)14(15)8-3-4-9-14/h11H,3-10,15H2,1-2H3,(H,16,17). The van der Waals surface area contributed by atoms with Crippen LogP contribution >= 0.6 is 0 Å². The van der Waals surface area contributed by atoms with Gasteiger partial charge in [-0.1, -0.05) is 33.1 Å². The van der Waals surface area contributed by atoms with Crippen LogP contribution in [0.1, 0.15) is 65.2 Å². The Morgan fingerprint density at radius 3 is 2.41 bits per heavy atom. The maximum Gasteiger partial charge on any atom is 0.240 e. The summed E-state index contributed by atoms with van der Waals surface area (Å²) in [6.45, 7) is 4.58. The Morgan fingerprint density at radius 2 is 1.82 bits per heavy atom. The molecule has 3 heteroatoms. The maximum absolute atomic E-state index is 12.2. The predicted molar refractivity (Wildman–Crippen MR) is 69.6 cm³/mol. The number of carbonyl (C=O) groups excluding carboxylic acids is 1. The topological polar surface area (TPSA) is 55.1 Å². The highest BCUT2D eigenvalue weighted by atomic mass is 16.2. The summed E-state index contributed by atoms with van der Waals surface area (Å²) in [7, 11) is 0. The van der Waals surface area contributed by atoms with Crippen molar-refractivity contribution < 1.29 is 4.79 Å². The third-order valence-electron chi connectivity index (χ3n) is 4.49. The fraction of sp³-hybridized carbons (Fsp3) is 0.929. The van der Waals surface area contributed by atoms with Crippen molar-refractivity contribution in [3.05, 3.63) is 0 Å².